The lowest BCUT2D eigenvalue weighted by Gasteiger charge is -2.30. The zero-order chi connectivity index (χ0) is 15.7. The molecule has 0 aliphatic heterocycles. The van der Waals surface area contributed by atoms with Gasteiger partial charge in [0.15, 0.2) is 0 Å². The standard InChI is InChI=1S/C17H16BrF3O/c18-16-3-1-2-11-10-14(8-9-15(11)16)22-13-6-4-12(5-7-13)17(19,20)21/h1-3,8-10,12-13H,4-7H2/t12-,13+. The lowest BCUT2D eigenvalue weighted by molar-refractivity contribution is -0.185. The fourth-order valence-corrected chi connectivity index (χ4v) is 3.51. The molecular weight excluding hydrogens is 357 g/mol. The summed E-state index contributed by atoms with van der Waals surface area (Å²) in [6.45, 7) is 0. The van der Waals surface area contributed by atoms with Crippen LogP contribution in [0.1, 0.15) is 25.7 Å². The Bertz CT molecular complexity index is 660. The van der Waals surface area contributed by atoms with Crippen molar-refractivity contribution < 1.29 is 17.9 Å². The summed E-state index contributed by atoms with van der Waals surface area (Å²) in [5.41, 5.74) is 0. The third kappa shape index (κ3) is 3.40. The molecule has 0 bridgehead atoms. The van der Waals surface area contributed by atoms with Crippen molar-refractivity contribution in [3.63, 3.8) is 0 Å². The van der Waals surface area contributed by atoms with E-state index >= 15 is 0 Å². The van der Waals surface area contributed by atoms with E-state index in [4.69, 9.17) is 4.74 Å². The van der Waals surface area contributed by atoms with E-state index in [1.54, 1.807) is 0 Å². The number of benzene rings is 2. The molecule has 5 heteroatoms. The van der Waals surface area contributed by atoms with Crippen molar-refractivity contribution in [2.45, 2.75) is 38.0 Å². The van der Waals surface area contributed by atoms with E-state index in [2.05, 4.69) is 15.9 Å². The second-order valence-electron chi connectivity index (χ2n) is 5.76. The number of rotatable bonds is 2. The minimum Gasteiger partial charge on any atom is -0.490 e. The summed E-state index contributed by atoms with van der Waals surface area (Å²) in [5.74, 6) is -0.444. The zero-order valence-corrected chi connectivity index (χ0v) is 13.5. The van der Waals surface area contributed by atoms with Crippen LogP contribution in [0.2, 0.25) is 0 Å². The average molecular weight is 373 g/mol. The molecule has 3 rings (SSSR count). The molecule has 2 aromatic carbocycles. The number of halogens is 4. The maximum atomic E-state index is 12.7. The van der Waals surface area contributed by atoms with E-state index in [0.29, 0.717) is 12.8 Å². The Hall–Kier alpha value is -1.23. The molecule has 0 amide bonds. The van der Waals surface area contributed by atoms with Crippen LogP contribution in [-0.4, -0.2) is 12.3 Å². The molecule has 0 spiro atoms. The lowest BCUT2D eigenvalue weighted by Crippen LogP contribution is -2.31. The van der Waals surface area contributed by atoms with E-state index in [9.17, 15) is 13.2 Å². The van der Waals surface area contributed by atoms with Crippen LogP contribution in [0.25, 0.3) is 10.8 Å². The number of hydrogen-bond donors (Lipinski definition) is 0. The van der Waals surface area contributed by atoms with Crippen LogP contribution in [0.5, 0.6) is 5.75 Å². The molecule has 0 N–H and O–H groups in total. The van der Waals surface area contributed by atoms with E-state index in [0.717, 1.165) is 21.0 Å². The molecule has 118 valence electrons. The predicted molar refractivity (Wildman–Crippen MR) is 84.1 cm³/mol. The number of ether oxygens (including phenoxy) is 1. The third-order valence-corrected chi connectivity index (χ3v) is 4.93. The largest absolute Gasteiger partial charge is 0.490 e. The van der Waals surface area contributed by atoms with E-state index in [1.165, 1.54) is 0 Å². The Kier molecular flexibility index (Phi) is 4.35. The molecule has 0 radical (unpaired) electrons. The fraction of sp³-hybridized carbons (Fsp3) is 0.412. The minimum absolute atomic E-state index is 0.122. The SMILES string of the molecule is FC(F)(F)[C@H]1CC[C@@H](Oc2ccc3c(Br)cccc3c2)CC1. The Morgan fingerprint density at radius 1 is 1.00 bits per heavy atom. The van der Waals surface area contributed by atoms with Gasteiger partial charge in [0.05, 0.1) is 12.0 Å². The highest BCUT2D eigenvalue weighted by Crippen LogP contribution is 2.38. The highest BCUT2D eigenvalue weighted by Gasteiger charge is 2.41. The molecule has 2 aromatic rings. The first kappa shape index (κ1) is 15.7. The van der Waals surface area contributed by atoms with Gasteiger partial charge < -0.3 is 4.74 Å². The molecule has 0 heterocycles. The second-order valence-corrected chi connectivity index (χ2v) is 6.61. The normalized spacial score (nSPS) is 22.7. The van der Waals surface area contributed by atoms with Crippen LogP contribution >= 0.6 is 15.9 Å². The smallest absolute Gasteiger partial charge is 0.391 e. The Labute approximate surface area is 135 Å². The molecule has 0 saturated heterocycles. The van der Waals surface area contributed by atoms with Gasteiger partial charge >= 0.3 is 6.18 Å². The first-order valence-electron chi connectivity index (χ1n) is 7.35. The summed E-state index contributed by atoms with van der Waals surface area (Å²) >= 11 is 3.50. The van der Waals surface area contributed by atoms with Crippen LogP contribution in [-0.2, 0) is 0 Å². The zero-order valence-electron chi connectivity index (χ0n) is 11.9. The van der Waals surface area contributed by atoms with Crippen molar-refractivity contribution in [2.24, 2.45) is 5.92 Å². The van der Waals surface area contributed by atoms with Gasteiger partial charge in [0, 0.05) is 4.47 Å². The topological polar surface area (TPSA) is 9.23 Å². The molecule has 0 aromatic heterocycles. The van der Waals surface area contributed by atoms with E-state index in [-0.39, 0.29) is 18.9 Å². The van der Waals surface area contributed by atoms with Gasteiger partial charge in [-0.2, -0.15) is 13.2 Å². The highest BCUT2D eigenvalue weighted by molar-refractivity contribution is 9.10. The van der Waals surface area contributed by atoms with Gasteiger partial charge in [-0.05, 0) is 60.7 Å². The van der Waals surface area contributed by atoms with Crippen LogP contribution in [0.4, 0.5) is 13.2 Å². The number of fused-ring (bicyclic) bond motifs is 1. The molecule has 1 aliphatic rings. The van der Waals surface area contributed by atoms with Crippen molar-refractivity contribution >= 4 is 26.7 Å². The first-order valence-corrected chi connectivity index (χ1v) is 8.14. The maximum Gasteiger partial charge on any atom is 0.391 e. The quantitative estimate of drug-likeness (QED) is 0.618. The van der Waals surface area contributed by atoms with Crippen molar-refractivity contribution in [1.82, 2.24) is 0 Å². The molecule has 1 nitrogen and oxygen atoms in total. The molecule has 1 saturated carbocycles. The van der Waals surface area contributed by atoms with E-state index in [1.807, 2.05) is 36.4 Å². The van der Waals surface area contributed by atoms with Crippen molar-refractivity contribution in [2.75, 3.05) is 0 Å². The summed E-state index contributed by atoms with van der Waals surface area (Å²) < 4.78 is 44.9. The average Bonchev–Trinajstić information content (AvgIpc) is 2.47. The minimum atomic E-state index is -4.07. The number of hydrogen-bond acceptors (Lipinski definition) is 1. The summed E-state index contributed by atoms with van der Waals surface area (Å²) in [6.07, 6.45) is -2.95. The summed E-state index contributed by atoms with van der Waals surface area (Å²) in [5, 5.41) is 2.14. The molecule has 0 atom stereocenters. The highest BCUT2D eigenvalue weighted by atomic mass is 79.9. The van der Waals surface area contributed by atoms with Gasteiger partial charge in [0.2, 0.25) is 0 Å². The Morgan fingerprint density at radius 3 is 2.41 bits per heavy atom. The molecule has 1 aliphatic carbocycles. The Morgan fingerprint density at radius 2 is 1.73 bits per heavy atom. The molecule has 22 heavy (non-hydrogen) atoms. The van der Waals surface area contributed by atoms with Crippen LogP contribution < -0.4 is 4.74 Å². The van der Waals surface area contributed by atoms with Gasteiger partial charge in [-0.25, -0.2) is 0 Å². The van der Waals surface area contributed by atoms with Gasteiger partial charge in [0.25, 0.3) is 0 Å². The summed E-state index contributed by atoms with van der Waals surface area (Å²) in [4.78, 5) is 0. The molecule has 1 fully saturated rings. The van der Waals surface area contributed by atoms with Gasteiger partial charge in [-0.3, -0.25) is 0 Å². The Balaban J connectivity index is 1.67. The summed E-state index contributed by atoms with van der Waals surface area (Å²) in [7, 11) is 0. The van der Waals surface area contributed by atoms with Crippen LogP contribution in [0, 0.1) is 5.92 Å². The van der Waals surface area contributed by atoms with Crippen LogP contribution in [0.3, 0.4) is 0 Å². The fourth-order valence-electron chi connectivity index (χ4n) is 3.00. The van der Waals surface area contributed by atoms with Crippen molar-refractivity contribution in [3.8, 4) is 5.75 Å². The second kappa shape index (κ2) is 6.11. The predicted octanol–water partition coefficient (Wildman–Crippen LogP) is 6.10. The van der Waals surface area contributed by atoms with Gasteiger partial charge in [-0.15, -0.1) is 0 Å². The molecule has 0 unspecified atom stereocenters. The molecular formula is C17H16BrF3O. The monoisotopic (exact) mass is 372 g/mol. The lowest BCUT2D eigenvalue weighted by atomic mass is 9.87. The van der Waals surface area contributed by atoms with Crippen molar-refractivity contribution in [1.29, 1.82) is 0 Å². The van der Waals surface area contributed by atoms with Gasteiger partial charge in [0.1, 0.15) is 5.75 Å². The third-order valence-electron chi connectivity index (χ3n) is 4.24. The van der Waals surface area contributed by atoms with Gasteiger partial charge in [-0.1, -0.05) is 28.1 Å². The van der Waals surface area contributed by atoms with Crippen LogP contribution in [0.15, 0.2) is 40.9 Å². The van der Waals surface area contributed by atoms with Crippen molar-refractivity contribution in [3.05, 3.63) is 40.9 Å². The summed E-state index contributed by atoms with van der Waals surface area (Å²) in [6, 6.07) is 11.7. The number of alkyl halides is 3. The first-order chi connectivity index (χ1) is 10.4. The van der Waals surface area contributed by atoms with E-state index < -0.39 is 12.1 Å². The maximum absolute atomic E-state index is 12.7.